The molecular weight excluding hydrogens is 194 g/mol. The lowest BCUT2D eigenvalue weighted by Crippen LogP contribution is -2.19. The molecular formula is C11H9NO3. The Morgan fingerprint density at radius 3 is 2.93 bits per heavy atom. The number of aliphatic carboxylic acids is 1. The largest absolute Gasteiger partial charge is 0.481 e. The van der Waals surface area contributed by atoms with Crippen molar-refractivity contribution in [1.82, 2.24) is 5.16 Å². The van der Waals surface area contributed by atoms with Gasteiger partial charge in [0.15, 0.2) is 5.58 Å². The van der Waals surface area contributed by atoms with Gasteiger partial charge in [0.2, 0.25) is 0 Å². The van der Waals surface area contributed by atoms with Gasteiger partial charge < -0.3 is 9.63 Å². The first-order valence-electron chi connectivity index (χ1n) is 4.81. The van der Waals surface area contributed by atoms with Gasteiger partial charge in [-0.05, 0) is 30.5 Å². The number of fused-ring (bicyclic) bond motifs is 1. The summed E-state index contributed by atoms with van der Waals surface area (Å²) in [6.07, 6.45) is 3.05. The lowest BCUT2D eigenvalue weighted by atomic mass is 9.95. The van der Waals surface area contributed by atoms with Crippen LogP contribution in [0.25, 0.3) is 11.0 Å². The van der Waals surface area contributed by atoms with Crippen LogP contribution in [0, 0.1) is 0 Å². The molecule has 3 rings (SSSR count). The Morgan fingerprint density at radius 1 is 1.47 bits per heavy atom. The fourth-order valence-electron chi connectivity index (χ4n) is 1.92. The van der Waals surface area contributed by atoms with Crippen LogP contribution in [0.3, 0.4) is 0 Å². The molecule has 1 heterocycles. The topological polar surface area (TPSA) is 63.3 Å². The van der Waals surface area contributed by atoms with E-state index in [-0.39, 0.29) is 0 Å². The van der Waals surface area contributed by atoms with Crippen molar-refractivity contribution in [2.75, 3.05) is 0 Å². The first-order valence-corrected chi connectivity index (χ1v) is 4.81. The highest BCUT2D eigenvalue weighted by Crippen LogP contribution is 2.48. The summed E-state index contributed by atoms with van der Waals surface area (Å²) in [5.41, 5.74) is 0.900. The number of hydrogen-bond acceptors (Lipinski definition) is 3. The monoisotopic (exact) mass is 203 g/mol. The van der Waals surface area contributed by atoms with E-state index >= 15 is 0 Å². The Kier molecular flexibility index (Phi) is 1.46. The van der Waals surface area contributed by atoms with Crippen molar-refractivity contribution in [2.24, 2.45) is 0 Å². The number of nitrogens with zero attached hydrogens (tertiary/aromatic N) is 1. The molecule has 0 bridgehead atoms. The van der Waals surface area contributed by atoms with Gasteiger partial charge >= 0.3 is 5.97 Å². The van der Waals surface area contributed by atoms with Crippen LogP contribution in [0.15, 0.2) is 28.9 Å². The Balaban J connectivity index is 2.15. The molecule has 0 saturated heterocycles. The minimum absolute atomic E-state index is 0.647. The molecule has 4 nitrogen and oxygen atoms in total. The number of hydrogen-bond donors (Lipinski definition) is 1. The highest BCUT2D eigenvalue weighted by atomic mass is 16.5. The van der Waals surface area contributed by atoms with Crippen LogP contribution in [0.1, 0.15) is 18.4 Å². The Hall–Kier alpha value is -1.84. The Bertz CT molecular complexity index is 540. The maximum atomic E-state index is 11.1. The van der Waals surface area contributed by atoms with Crippen molar-refractivity contribution < 1.29 is 14.4 Å². The smallest absolute Gasteiger partial charge is 0.314 e. The first kappa shape index (κ1) is 8.47. The van der Waals surface area contributed by atoms with Crippen LogP contribution in [0.5, 0.6) is 0 Å². The zero-order valence-electron chi connectivity index (χ0n) is 7.93. The average molecular weight is 203 g/mol. The number of carboxylic acid groups (broad SMARTS) is 1. The third kappa shape index (κ3) is 1.08. The third-order valence-corrected chi connectivity index (χ3v) is 3.06. The van der Waals surface area contributed by atoms with Gasteiger partial charge in [0, 0.05) is 5.39 Å². The minimum atomic E-state index is -0.738. The molecule has 0 unspecified atom stereocenters. The lowest BCUT2D eigenvalue weighted by Gasteiger charge is -2.09. The maximum Gasteiger partial charge on any atom is 0.314 e. The molecule has 76 valence electrons. The standard InChI is InChI=1S/C11H9NO3/c13-10(14)11(3-4-11)8-1-2-9-7(5-8)6-12-15-9/h1-2,5-6H,3-4H2,(H,13,14). The zero-order valence-corrected chi connectivity index (χ0v) is 7.93. The number of carboxylic acids is 1. The second-order valence-corrected chi connectivity index (χ2v) is 3.97. The van der Waals surface area contributed by atoms with E-state index in [1.54, 1.807) is 12.3 Å². The van der Waals surface area contributed by atoms with Gasteiger partial charge in [-0.25, -0.2) is 0 Å². The second kappa shape index (κ2) is 2.59. The van der Waals surface area contributed by atoms with E-state index in [1.807, 2.05) is 12.1 Å². The summed E-state index contributed by atoms with van der Waals surface area (Å²) in [7, 11) is 0. The number of benzene rings is 1. The first-order chi connectivity index (χ1) is 7.22. The Morgan fingerprint density at radius 2 is 2.27 bits per heavy atom. The van der Waals surface area contributed by atoms with Gasteiger partial charge in [0.25, 0.3) is 0 Å². The van der Waals surface area contributed by atoms with Crippen LogP contribution in [-0.2, 0) is 10.2 Å². The molecule has 1 aromatic carbocycles. The lowest BCUT2D eigenvalue weighted by molar-refractivity contribution is -0.140. The quantitative estimate of drug-likeness (QED) is 0.810. The van der Waals surface area contributed by atoms with Gasteiger partial charge in [0.1, 0.15) is 0 Å². The van der Waals surface area contributed by atoms with Crippen LogP contribution >= 0.6 is 0 Å². The van der Waals surface area contributed by atoms with E-state index in [0.29, 0.717) is 5.58 Å². The summed E-state index contributed by atoms with van der Waals surface area (Å²) >= 11 is 0. The molecule has 1 aliphatic carbocycles. The number of rotatable bonds is 2. The molecule has 1 fully saturated rings. The summed E-state index contributed by atoms with van der Waals surface area (Å²) in [5, 5.41) is 13.7. The molecule has 0 atom stereocenters. The number of aromatic nitrogens is 1. The van der Waals surface area contributed by atoms with Gasteiger partial charge in [-0.15, -0.1) is 0 Å². The van der Waals surface area contributed by atoms with Crippen LogP contribution in [0.4, 0.5) is 0 Å². The van der Waals surface area contributed by atoms with E-state index in [2.05, 4.69) is 5.16 Å². The van der Waals surface area contributed by atoms with Crippen molar-refractivity contribution in [2.45, 2.75) is 18.3 Å². The SMILES string of the molecule is O=C(O)C1(c2ccc3oncc3c2)CC1. The molecule has 0 spiro atoms. The number of carbonyl (C=O) groups is 1. The predicted octanol–water partition coefficient (Wildman–Crippen LogP) is 1.94. The fraction of sp³-hybridized carbons (Fsp3) is 0.273. The molecule has 1 aromatic heterocycles. The maximum absolute atomic E-state index is 11.1. The minimum Gasteiger partial charge on any atom is -0.481 e. The zero-order chi connectivity index (χ0) is 10.5. The van der Waals surface area contributed by atoms with E-state index < -0.39 is 11.4 Å². The van der Waals surface area contributed by atoms with Crippen LogP contribution in [-0.4, -0.2) is 16.2 Å². The highest BCUT2D eigenvalue weighted by molar-refractivity contribution is 5.87. The molecule has 0 amide bonds. The predicted molar refractivity (Wildman–Crippen MR) is 52.6 cm³/mol. The van der Waals surface area contributed by atoms with Crippen molar-refractivity contribution in [3.05, 3.63) is 30.0 Å². The molecule has 15 heavy (non-hydrogen) atoms. The van der Waals surface area contributed by atoms with Gasteiger partial charge in [-0.1, -0.05) is 11.2 Å². The summed E-state index contributed by atoms with van der Waals surface area (Å²) < 4.78 is 4.97. The highest BCUT2D eigenvalue weighted by Gasteiger charge is 2.51. The average Bonchev–Trinajstić information content (AvgIpc) is 2.91. The Labute approximate surface area is 85.5 Å². The van der Waals surface area contributed by atoms with E-state index in [4.69, 9.17) is 9.63 Å². The molecule has 1 aliphatic rings. The summed E-state index contributed by atoms with van der Waals surface area (Å²) in [4.78, 5) is 11.1. The second-order valence-electron chi connectivity index (χ2n) is 3.97. The van der Waals surface area contributed by atoms with Crippen LogP contribution < -0.4 is 0 Å². The molecule has 4 heteroatoms. The summed E-state index contributed by atoms with van der Waals surface area (Å²) in [6.45, 7) is 0. The van der Waals surface area contributed by atoms with Crippen molar-refractivity contribution in [1.29, 1.82) is 0 Å². The van der Waals surface area contributed by atoms with Gasteiger partial charge in [-0.2, -0.15) is 0 Å². The van der Waals surface area contributed by atoms with E-state index in [9.17, 15) is 4.79 Å². The summed E-state index contributed by atoms with van der Waals surface area (Å²) in [6, 6.07) is 5.45. The molecule has 0 radical (unpaired) electrons. The molecule has 1 N–H and O–H groups in total. The normalized spacial score (nSPS) is 17.9. The molecule has 1 saturated carbocycles. The van der Waals surface area contributed by atoms with Gasteiger partial charge in [-0.3, -0.25) is 4.79 Å². The van der Waals surface area contributed by atoms with Crippen molar-refractivity contribution in [3.63, 3.8) is 0 Å². The molecule has 2 aromatic rings. The summed E-state index contributed by atoms with van der Waals surface area (Å²) in [5.74, 6) is -0.738. The third-order valence-electron chi connectivity index (χ3n) is 3.06. The molecule has 0 aliphatic heterocycles. The fourth-order valence-corrected chi connectivity index (χ4v) is 1.92. The van der Waals surface area contributed by atoms with Crippen molar-refractivity contribution in [3.8, 4) is 0 Å². The van der Waals surface area contributed by atoms with E-state index in [0.717, 1.165) is 23.8 Å². The van der Waals surface area contributed by atoms with E-state index in [1.165, 1.54) is 0 Å². The van der Waals surface area contributed by atoms with Gasteiger partial charge in [0.05, 0.1) is 11.6 Å². The van der Waals surface area contributed by atoms with Crippen LogP contribution in [0.2, 0.25) is 0 Å². The van der Waals surface area contributed by atoms with Crippen molar-refractivity contribution >= 4 is 16.9 Å².